The van der Waals surface area contributed by atoms with E-state index in [-0.39, 0.29) is 29.2 Å². The highest BCUT2D eigenvalue weighted by atomic mass is 19.1. The van der Waals surface area contributed by atoms with Crippen LogP contribution in [0.4, 0.5) is 8.78 Å². The second-order valence-corrected chi connectivity index (χ2v) is 9.56. The molecule has 6 rings (SSSR count). The predicted molar refractivity (Wildman–Crippen MR) is 119 cm³/mol. The maximum atomic E-state index is 14.5. The highest BCUT2D eigenvalue weighted by molar-refractivity contribution is 5.64. The van der Waals surface area contributed by atoms with Crippen LogP contribution in [-0.4, -0.2) is 35.1 Å². The van der Waals surface area contributed by atoms with Gasteiger partial charge >= 0.3 is 0 Å². The fourth-order valence-corrected chi connectivity index (χ4v) is 6.00. The third kappa shape index (κ3) is 2.67. The fourth-order valence-electron chi connectivity index (χ4n) is 6.00. The van der Waals surface area contributed by atoms with Crippen LogP contribution >= 0.6 is 0 Å². The van der Waals surface area contributed by atoms with Crippen molar-refractivity contribution in [2.24, 2.45) is 5.41 Å². The molecular formula is C25H22F2N6O. The van der Waals surface area contributed by atoms with E-state index in [9.17, 15) is 13.9 Å². The first-order chi connectivity index (χ1) is 16.4. The van der Waals surface area contributed by atoms with Gasteiger partial charge in [0.15, 0.2) is 5.82 Å². The number of aromatic nitrogens is 6. The third-order valence-corrected chi connectivity index (χ3v) is 7.71. The van der Waals surface area contributed by atoms with Crippen molar-refractivity contribution < 1.29 is 13.9 Å². The quantitative estimate of drug-likeness (QED) is 0.493. The lowest BCUT2D eigenvalue weighted by molar-refractivity contribution is 0.242. The molecule has 0 aliphatic heterocycles. The van der Waals surface area contributed by atoms with Gasteiger partial charge in [0.05, 0.1) is 47.1 Å². The standard InChI is InChI=1S/C25H22F2N6O/c1-24(2)16-6-7-25(24,20-10-28-11-21(30-20)33-12-14(13-34)9-29-33)23-15(16)8-19(31-32-23)22-17(26)4-3-5-18(22)27/h3-5,8-12,16,34H,6-7,13H2,1-2H3/t16-,25-/m0/s1. The Hall–Kier alpha value is -3.59. The first-order valence-electron chi connectivity index (χ1n) is 11.2. The second kappa shape index (κ2) is 7.20. The average Bonchev–Trinajstić information content (AvgIpc) is 3.47. The van der Waals surface area contributed by atoms with E-state index >= 15 is 0 Å². The summed E-state index contributed by atoms with van der Waals surface area (Å²) in [5.74, 6) is -0.641. The van der Waals surface area contributed by atoms with Crippen LogP contribution in [0.25, 0.3) is 17.1 Å². The maximum absolute atomic E-state index is 14.5. The van der Waals surface area contributed by atoms with E-state index < -0.39 is 17.0 Å². The van der Waals surface area contributed by atoms with E-state index in [4.69, 9.17) is 4.98 Å². The van der Waals surface area contributed by atoms with E-state index in [1.165, 1.54) is 18.2 Å². The van der Waals surface area contributed by atoms with Crippen LogP contribution < -0.4 is 0 Å². The van der Waals surface area contributed by atoms with Crippen LogP contribution in [0.2, 0.25) is 0 Å². The molecule has 0 saturated heterocycles. The van der Waals surface area contributed by atoms with Gasteiger partial charge in [-0.3, -0.25) is 4.98 Å². The van der Waals surface area contributed by atoms with Crippen LogP contribution in [0.5, 0.6) is 0 Å². The molecule has 172 valence electrons. The fraction of sp³-hybridized carbons (Fsp3) is 0.320. The van der Waals surface area contributed by atoms with E-state index in [2.05, 4.69) is 34.1 Å². The minimum Gasteiger partial charge on any atom is -0.392 e. The molecule has 34 heavy (non-hydrogen) atoms. The molecule has 3 aromatic heterocycles. The van der Waals surface area contributed by atoms with Crippen LogP contribution in [-0.2, 0) is 12.0 Å². The molecule has 1 aromatic carbocycles. The van der Waals surface area contributed by atoms with Crippen molar-refractivity contribution in [2.45, 2.75) is 44.6 Å². The smallest absolute Gasteiger partial charge is 0.172 e. The van der Waals surface area contributed by atoms with Crippen LogP contribution in [0.15, 0.2) is 49.1 Å². The van der Waals surface area contributed by atoms with Crippen molar-refractivity contribution in [3.8, 4) is 17.1 Å². The number of aliphatic hydroxyl groups excluding tert-OH is 1. The Morgan fingerprint density at radius 3 is 2.65 bits per heavy atom. The summed E-state index contributed by atoms with van der Waals surface area (Å²) in [4.78, 5) is 9.36. The van der Waals surface area contributed by atoms with Crippen LogP contribution in [0.1, 0.15) is 55.1 Å². The molecule has 4 aromatic rings. The largest absolute Gasteiger partial charge is 0.392 e. The molecule has 3 heterocycles. The highest BCUT2D eigenvalue weighted by Crippen LogP contribution is 2.69. The van der Waals surface area contributed by atoms with Gasteiger partial charge in [0.1, 0.15) is 11.6 Å². The van der Waals surface area contributed by atoms with Gasteiger partial charge in [0, 0.05) is 18.0 Å². The topological polar surface area (TPSA) is 89.6 Å². The van der Waals surface area contributed by atoms with E-state index in [0.29, 0.717) is 11.4 Å². The SMILES string of the molecule is CC1(C)[C@H]2CC[C@]1(c1cncc(-n3cc(CO)cn3)n1)c1nnc(-c3c(F)cccc3F)cc12. The monoisotopic (exact) mass is 460 g/mol. The average molecular weight is 460 g/mol. The molecule has 1 N–H and O–H groups in total. The molecule has 0 radical (unpaired) electrons. The zero-order chi connectivity index (χ0) is 23.7. The summed E-state index contributed by atoms with van der Waals surface area (Å²) in [7, 11) is 0. The lowest BCUT2D eigenvalue weighted by Crippen LogP contribution is -2.38. The van der Waals surface area contributed by atoms with Gasteiger partial charge in [-0.15, -0.1) is 5.10 Å². The molecule has 0 amide bonds. The number of fused-ring (bicyclic) bond motifs is 5. The summed E-state index contributed by atoms with van der Waals surface area (Å²) in [6.07, 6.45) is 8.39. The number of hydrogen-bond acceptors (Lipinski definition) is 6. The van der Waals surface area contributed by atoms with E-state index in [0.717, 1.165) is 29.8 Å². The van der Waals surface area contributed by atoms with Crippen molar-refractivity contribution in [1.82, 2.24) is 29.9 Å². The van der Waals surface area contributed by atoms with Gasteiger partial charge in [-0.05, 0) is 47.9 Å². The molecule has 0 unspecified atom stereocenters. The van der Waals surface area contributed by atoms with E-state index in [1.807, 2.05) is 0 Å². The Morgan fingerprint density at radius 2 is 1.91 bits per heavy atom. The normalized spacial score (nSPS) is 22.2. The summed E-state index contributed by atoms with van der Waals surface area (Å²) in [5, 5.41) is 22.5. The molecule has 1 fully saturated rings. The van der Waals surface area contributed by atoms with Gasteiger partial charge in [0.2, 0.25) is 0 Å². The highest BCUT2D eigenvalue weighted by Gasteiger charge is 2.65. The van der Waals surface area contributed by atoms with Gasteiger partial charge in [-0.2, -0.15) is 10.2 Å². The summed E-state index contributed by atoms with van der Waals surface area (Å²) in [5.41, 5.74) is 2.42. The molecule has 2 aliphatic rings. The van der Waals surface area contributed by atoms with Crippen LogP contribution in [0.3, 0.4) is 0 Å². The Kier molecular flexibility index (Phi) is 4.44. The van der Waals surface area contributed by atoms with Crippen LogP contribution in [0, 0.1) is 17.0 Å². The molecule has 0 spiro atoms. The molecule has 2 aliphatic carbocycles. The van der Waals surface area contributed by atoms with Gasteiger partial charge in [0.25, 0.3) is 0 Å². The lowest BCUT2D eigenvalue weighted by Gasteiger charge is -2.37. The number of nitrogens with zero attached hydrogens (tertiary/aromatic N) is 6. The Labute approximate surface area is 194 Å². The zero-order valence-corrected chi connectivity index (χ0v) is 18.7. The Morgan fingerprint density at radius 1 is 1.12 bits per heavy atom. The first-order valence-corrected chi connectivity index (χ1v) is 11.2. The van der Waals surface area contributed by atoms with Gasteiger partial charge in [-0.25, -0.2) is 18.4 Å². The molecule has 2 bridgehead atoms. The molecule has 9 heteroatoms. The van der Waals surface area contributed by atoms with Gasteiger partial charge < -0.3 is 5.11 Å². The number of halogens is 2. The summed E-state index contributed by atoms with van der Waals surface area (Å²) >= 11 is 0. The Bertz CT molecular complexity index is 1410. The molecular weight excluding hydrogens is 438 g/mol. The molecule has 2 atom stereocenters. The minimum absolute atomic E-state index is 0.111. The Balaban J connectivity index is 1.51. The van der Waals surface area contributed by atoms with Gasteiger partial charge in [-0.1, -0.05) is 19.9 Å². The van der Waals surface area contributed by atoms with Crippen molar-refractivity contribution in [3.05, 3.63) is 83.2 Å². The number of rotatable bonds is 4. The summed E-state index contributed by atoms with van der Waals surface area (Å²) < 4.78 is 30.5. The lowest BCUT2D eigenvalue weighted by atomic mass is 9.66. The predicted octanol–water partition coefficient (Wildman–Crippen LogP) is 4.09. The molecule has 1 saturated carbocycles. The van der Waals surface area contributed by atoms with Crippen molar-refractivity contribution in [2.75, 3.05) is 0 Å². The van der Waals surface area contributed by atoms with E-state index in [1.54, 1.807) is 35.5 Å². The molecule has 7 nitrogen and oxygen atoms in total. The number of benzene rings is 1. The minimum atomic E-state index is -0.661. The summed E-state index contributed by atoms with van der Waals surface area (Å²) in [6, 6.07) is 5.58. The maximum Gasteiger partial charge on any atom is 0.172 e. The number of hydrogen-bond donors (Lipinski definition) is 1. The second-order valence-electron chi connectivity index (χ2n) is 9.56. The van der Waals surface area contributed by atoms with Crippen molar-refractivity contribution in [3.63, 3.8) is 0 Å². The third-order valence-electron chi connectivity index (χ3n) is 7.71. The first kappa shape index (κ1) is 21.0. The van der Waals surface area contributed by atoms with Crippen molar-refractivity contribution in [1.29, 1.82) is 0 Å². The zero-order valence-electron chi connectivity index (χ0n) is 18.7. The number of aliphatic hydroxyl groups is 1. The van der Waals surface area contributed by atoms with Crippen molar-refractivity contribution >= 4 is 0 Å². The summed E-state index contributed by atoms with van der Waals surface area (Å²) in [6.45, 7) is 4.25.